The second kappa shape index (κ2) is 6.30. The van der Waals surface area contributed by atoms with Crippen LogP contribution in [0.4, 0.5) is 15.8 Å². The molecule has 0 unspecified atom stereocenters. The van der Waals surface area contributed by atoms with E-state index >= 15 is 0 Å². The normalized spacial score (nSPS) is 11.2. The summed E-state index contributed by atoms with van der Waals surface area (Å²) >= 11 is 5.61. The van der Waals surface area contributed by atoms with Crippen LogP contribution in [0.1, 0.15) is 5.56 Å². The molecule has 112 valence electrons. The molecule has 0 aromatic heterocycles. The molecule has 0 aliphatic rings. The molecular weight excluding hydrogens is 317 g/mol. The van der Waals surface area contributed by atoms with Crippen molar-refractivity contribution in [3.8, 4) is 0 Å². The minimum absolute atomic E-state index is 0.0677. The van der Waals surface area contributed by atoms with Gasteiger partial charge in [-0.15, -0.1) is 0 Å². The highest BCUT2D eigenvalue weighted by Crippen LogP contribution is 2.19. The molecule has 8 heteroatoms. The van der Waals surface area contributed by atoms with Crippen LogP contribution < -0.4 is 15.2 Å². The molecular formula is C13H13ClFN3O2S. The molecule has 0 fully saturated rings. The number of nitrogens with two attached hydrogens (primary N) is 1. The maximum absolute atomic E-state index is 13.3. The van der Waals surface area contributed by atoms with Crippen molar-refractivity contribution >= 4 is 33.2 Å². The lowest BCUT2D eigenvalue weighted by Gasteiger charge is -2.09. The summed E-state index contributed by atoms with van der Waals surface area (Å²) in [4.78, 5) is 0. The maximum Gasteiger partial charge on any atom is 0.296 e. The zero-order valence-corrected chi connectivity index (χ0v) is 12.4. The van der Waals surface area contributed by atoms with Crippen molar-refractivity contribution in [1.82, 2.24) is 0 Å². The first-order valence-electron chi connectivity index (χ1n) is 5.92. The summed E-state index contributed by atoms with van der Waals surface area (Å²) in [6, 6.07) is 11.1. The van der Waals surface area contributed by atoms with Crippen LogP contribution >= 0.6 is 11.6 Å². The Bertz CT molecular complexity index is 753. The second-order valence-electron chi connectivity index (χ2n) is 4.33. The molecule has 0 spiro atoms. The second-order valence-corrected chi connectivity index (χ2v) is 6.03. The van der Waals surface area contributed by atoms with Crippen LogP contribution in [0.3, 0.4) is 0 Å². The van der Waals surface area contributed by atoms with Crippen molar-refractivity contribution in [2.75, 3.05) is 10.0 Å². The van der Waals surface area contributed by atoms with Crippen LogP contribution in [0.5, 0.6) is 0 Å². The molecule has 0 heterocycles. The van der Waals surface area contributed by atoms with Gasteiger partial charge in [-0.1, -0.05) is 23.7 Å². The minimum Gasteiger partial charge on any atom is -0.381 e. The number of hydrogen-bond donors (Lipinski definition) is 3. The van der Waals surface area contributed by atoms with Crippen molar-refractivity contribution in [1.29, 1.82) is 0 Å². The Morgan fingerprint density at radius 1 is 1.14 bits per heavy atom. The molecule has 0 aliphatic carbocycles. The Kier molecular flexibility index (Phi) is 4.66. The Morgan fingerprint density at radius 2 is 1.86 bits per heavy atom. The van der Waals surface area contributed by atoms with E-state index in [9.17, 15) is 12.8 Å². The summed E-state index contributed by atoms with van der Waals surface area (Å²) < 4.78 is 37.4. The average Bonchev–Trinajstić information content (AvgIpc) is 2.39. The van der Waals surface area contributed by atoms with Gasteiger partial charge in [-0.2, -0.15) is 8.42 Å². The molecule has 0 saturated carbocycles. The van der Waals surface area contributed by atoms with E-state index in [1.807, 2.05) is 0 Å². The highest BCUT2D eigenvalue weighted by atomic mass is 35.5. The summed E-state index contributed by atoms with van der Waals surface area (Å²) in [5.74, 6) is -0.486. The van der Waals surface area contributed by atoms with E-state index < -0.39 is 16.0 Å². The van der Waals surface area contributed by atoms with Crippen LogP contribution in [0, 0.1) is 5.82 Å². The van der Waals surface area contributed by atoms with Gasteiger partial charge in [0.2, 0.25) is 0 Å². The SMILES string of the molecule is NS(=O)(=O)Nc1cccc(NCc2ccc(Cl)c(F)c2)c1. The summed E-state index contributed by atoms with van der Waals surface area (Å²) in [5, 5.41) is 8.02. The predicted octanol–water partition coefficient (Wildman–Crippen LogP) is 2.71. The van der Waals surface area contributed by atoms with Crippen LogP contribution in [-0.2, 0) is 16.8 Å². The Hall–Kier alpha value is -1.83. The number of anilines is 2. The minimum atomic E-state index is -3.81. The van der Waals surface area contributed by atoms with Crippen LogP contribution in [0.15, 0.2) is 42.5 Å². The van der Waals surface area contributed by atoms with Gasteiger partial charge in [-0.05, 0) is 35.9 Å². The summed E-state index contributed by atoms with van der Waals surface area (Å²) in [6.45, 7) is 0.368. The summed E-state index contributed by atoms with van der Waals surface area (Å²) in [6.07, 6.45) is 0. The van der Waals surface area contributed by atoms with Crippen molar-refractivity contribution in [2.45, 2.75) is 6.54 Å². The molecule has 5 nitrogen and oxygen atoms in total. The van der Waals surface area contributed by atoms with Gasteiger partial charge in [0, 0.05) is 12.2 Å². The number of nitrogens with one attached hydrogen (secondary N) is 2. The van der Waals surface area contributed by atoms with Gasteiger partial charge in [0.05, 0.1) is 10.7 Å². The fourth-order valence-electron chi connectivity index (χ4n) is 1.71. The lowest BCUT2D eigenvalue weighted by Crippen LogP contribution is -2.21. The smallest absolute Gasteiger partial charge is 0.296 e. The molecule has 21 heavy (non-hydrogen) atoms. The zero-order valence-electron chi connectivity index (χ0n) is 10.8. The van der Waals surface area contributed by atoms with E-state index in [2.05, 4.69) is 10.0 Å². The molecule has 2 aromatic carbocycles. The van der Waals surface area contributed by atoms with E-state index in [0.717, 1.165) is 0 Å². The van der Waals surface area contributed by atoms with E-state index in [-0.39, 0.29) is 5.02 Å². The van der Waals surface area contributed by atoms with Crippen LogP contribution in [0.2, 0.25) is 5.02 Å². The first-order chi connectivity index (χ1) is 9.83. The summed E-state index contributed by atoms with van der Waals surface area (Å²) in [7, 11) is -3.81. The van der Waals surface area contributed by atoms with Gasteiger partial charge < -0.3 is 5.32 Å². The molecule has 0 amide bonds. The third-order valence-corrected chi connectivity index (χ3v) is 3.43. The van der Waals surface area contributed by atoms with Gasteiger partial charge >= 0.3 is 0 Å². The standard InChI is InChI=1S/C13H13ClFN3O2S/c14-12-5-4-9(6-13(12)15)8-17-10-2-1-3-11(7-10)18-21(16,19)20/h1-7,17-18H,8H2,(H2,16,19,20). The van der Waals surface area contributed by atoms with Gasteiger partial charge in [0.1, 0.15) is 5.82 Å². The number of halogens is 2. The van der Waals surface area contributed by atoms with Crippen molar-refractivity contribution < 1.29 is 12.8 Å². The number of rotatable bonds is 5. The third kappa shape index (κ3) is 4.89. The third-order valence-electron chi connectivity index (χ3n) is 2.60. The van der Waals surface area contributed by atoms with E-state index in [1.54, 1.807) is 30.3 Å². The lowest BCUT2D eigenvalue weighted by atomic mass is 10.2. The average molecular weight is 330 g/mol. The highest BCUT2D eigenvalue weighted by Gasteiger charge is 2.04. The number of benzene rings is 2. The van der Waals surface area contributed by atoms with Crippen molar-refractivity contribution in [2.24, 2.45) is 5.14 Å². The summed E-state index contributed by atoms with van der Waals surface area (Å²) in [5.41, 5.74) is 1.71. The Morgan fingerprint density at radius 3 is 2.52 bits per heavy atom. The zero-order chi connectivity index (χ0) is 15.5. The van der Waals surface area contributed by atoms with Gasteiger partial charge in [0.25, 0.3) is 10.2 Å². The molecule has 0 atom stereocenters. The molecule has 0 bridgehead atoms. The fourth-order valence-corrected chi connectivity index (χ4v) is 2.28. The molecule has 2 aromatic rings. The quantitative estimate of drug-likeness (QED) is 0.788. The van der Waals surface area contributed by atoms with Crippen LogP contribution in [-0.4, -0.2) is 8.42 Å². The lowest BCUT2D eigenvalue weighted by molar-refractivity contribution is 0.603. The largest absolute Gasteiger partial charge is 0.381 e. The molecule has 2 rings (SSSR count). The molecule has 0 saturated heterocycles. The molecule has 0 radical (unpaired) electrons. The van der Waals surface area contributed by atoms with E-state index in [1.165, 1.54) is 12.1 Å². The van der Waals surface area contributed by atoms with Crippen molar-refractivity contribution in [3.05, 3.63) is 58.9 Å². The van der Waals surface area contributed by atoms with Gasteiger partial charge in [-0.3, -0.25) is 4.72 Å². The first-order valence-corrected chi connectivity index (χ1v) is 7.84. The van der Waals surface area contributed by atoms with Gasteiger partial charge in [0.15, 0.2) is 0 Å². The molecule has 4 N–H and O–H groups in total. The topological polar surface area (TPSA) is 84.2 Å². The predicted molar refractivity (Wildman–Crippen MR) is 81.9 cm³/mol. The fraction of sp³-hybridized carbons (Fsp3) is 0.0769. The first kappa shape index (κ1) is 15.6. The molecule has 0 aliphatic heterocycles. The van der Waals surface area contributed by atoms with Crippen molar-refractivity contribution in [3.63, 3.8) is 0 Å². The Labute approximate surface area is 127 Å². The monoisotopic (exact) mass is 329 g/mol. The van der Waals surface area contributed by atoms with E-state index in [0.29, 0.717) is 23.5 Å². The maximum atomic E-state index is 13.3. The van der Waals surface area contributed by atoms with Crippen LogP contribution in [0.25, 0.3) is 0 Å². The number of hydrogen-bond acceptors (Lipinski definition) is 3. The highest BCUT2D eigenvalue weighted by molar-refractivity contribution is 7.90. The van der Waals surface area contributed by atoms with E-state index in [4.69, 9.17) is 16.7 Å². The Balaban J connectivity index is 2.06. The van der Waals surface area contributed by atoms with Gasteiger partial charge in [-0.25, -0.2) is 9.53 Å².